The van der Waals surface area contributed by atoms with Crippen LogP contribution >= 0.6 is 0 Å². The Labute approximate surface area is 440 Å². The third-order valence-corrected chi connectivity index (χ3v) is 11.9. The van der Waals surface area contributed by atoms with Crippen LogP contribution in [0, 0.1) is 0 Å². The Morgan fingerprint density at radius 2 is 0.408 bits per heavy atom. The van der Waals surface area contributed by atoms with Crippen LogP contribution in [0.1, 0.15) is 87.0 Å². The van der Waals surface area contributed by atoms with Gasteiger partial charge in [0.2, 0.25) is 0 Å². The smallest absolute Gasteiger partial charge is 0.401 e. The van der Waals surface area contributed by atoms with Crippen LogP contribution in [-0.4, -0.2) is 73.6 Å². The lowest BCUT2D eigenvalue weighted by atomic mass is 9.78. The van der Waals surface area contributed by atoms with Crippen molar-refractivity contribution in [1.29, 1.82) is 0 Å². The minimum Gasteiger partial charge on any atom is -0.401 e. The number of aromatic nitrogens is 4. The number of nitrogens with zero attached hydrogens (tertiary/aromatic N) is 4. The van der Waals surface area contributed by atoms with Gasteiger partial charge in [0.05, 0.1) is 98.4 Å². The van der Waals surface area contributed by atoms with Crippen LogP contribution in [0.5, 0.6) is 0 Å². The summed E-state index contributed by atoms with van der Waals surface area (Å²) in [5, 5.41) is 0. The Morgan fingerprint density at radius 3 is 0.553 bits per heavy atom. The van der Waals surface area contributed by atoms with Crippen LogP contribution in [0.4, 0.5) is 0 Å². The maximum Gasteiger partial charge on any atom is 0.494 e. The molecule has 1 aliphatic rings. The molecule has 9 rings (SSSR count). The first kappa shape index (κ1) is 52.9. The number of hydrogen-bond donors (Lipinski definition) is 0. The van der Waals surface area contributed by atoms with E-state index in [0.29, 0.717) is 89.7 Å². The molecule has 5 heterocycles. The van der Waals surface area contributed by atoms with Gasteiger partial charge in [0, 0.05) is 22.3 Å². The SMILES string of the molecule is O=Cc1ccc(B2OCc3cccc(n3)COB(c3ccc(C=O)cc3)OCc3cccc(n3)COB(c3ccc(C=O)cc3)OCc3cccc(n3)COB(c3ccc(C=O)cc3)OCc3cccc(n3)CO2)cc1. The molecule has 20 heteroatoms. The average Bonchev–Trinajstić information content (AvgIpc) is 3.48. The van der Waals surface area contributed by atoms with Gasteiger partial charge >= 0.3 is 28.5 Å². The molecule has 8 aromatic rings. The van der Waals surface area contributed by atoms with E-state index in [9.17, 15) is 19.2 Å². The molecule has 0 atom stereocenters. The van der Waals surface area contributed by atoms with E-state index in [1.807, 2.05) is 72.8 Å². The van der Waals surface area contributed by atoms with Crippen molar-refractivity contribution in [1.82, 2.24) is 19.9 Å². The van der Waals surface area contributed by atoms with Crippen molar-refractivity contribution in [3.8, 4) is 0 Å². The van der Waals surface area contributed by atoms with Gasteiger partial charge in [-0.3, -0.25) is 39.1 Å². The second kappa shape index (κ2) is 27.1. The molecule has 0 saturated heterocycles. The average molecular weight is 1010 g/mol. The van der Waals surface area contributed by atoms with Crippen LogP contribution in [0.3, 0.4) is 0 Å². The van der Waals surface area contributed by atoms with Gasteiger partial charge in [-0.05, 0) is 70.4 Å². The molecule has 4 aromatic carbocycles. The minimum absolute atomic E-state index is 0.0579. The predicted octanol–water partition coefficient (Wildman–Crippen LogP) is 5.35. The van der Waals surface area contributed by atoms with E-state index in [4.69, 9.17) is 57.2 Å². The molecule has 0 spiro atoms. The van der Waals surface area contributed by atoms with E-state index in [1.54, 1.807) is 97.1 Å². The van der Waals surface area contributed by atoms with Crippen LogP contribution in [0.25, 0.3) is 0 Å². The second-order valence-corrected chi connectivity index (χ2v) is 17.4. The monoisotopic (exact) mass is 1010 g/mol. The molecular formula is C56H48B4N4O12. The Balaban J connectivity index is 0.998. The molecule has 0 N–H and O–H groups in total. The standard InChI is InChI=1S/C56H48B4N4O12/c65-29-41-13-21-45(22-14-41)57-69-33-49-5-1-6-50(61-49)34-70-58(46-23-15-42(30-66)16-24-46)72-36-52-8-3-10-54(63-52)38-74-60(48-27-19-44(32-68)20-28-48)76-40-56-12-4-11-55(64-56)39-75-59(47-25-17-43(31-67)18-26-47)73-37-53-9-2-7-51(62-53)35-71-57/h1-32H,33-40H2. The van der Waals surface area contributed by atoms with Crippen LogP contribution in [0.15, 0.2) is 170 Å². The van der Waals surface area contributed by atoms with Gasteiger partial charge in [0.15, 0.2) is 0 Å². The van der Waals surface area contributed by atoms with E-state index in [1.165, 1.54) is 0 Å². The zero-order valence-electron chi connectivity index (χ0n) is 41.1. The summed E-state index contributed by atoms with van der Waals surface area (Å²) in [6.45, 7) is 0.464. The summed E-state index contributed by atoms with van der Waals surface area (Å²) < 4.78 is 51.1. The second-order valence-electron chi connectivity index (χ2n) is 17.4. The minimum atomic E-state index is -0.877. The first-order chi connectivity index (χ1) is 37.4. The van der Waals surface area contributed by atoms with Crippen molar-refractivity contribution in [3.63, 3.8) is 0 Å². The summed E-state index contributed by atoms with van der Waals surface area (Å²) in [5.74, 6) is 0. The summed E-state index contributed by atoms with van der Waals surface area (Å²) in [5.41, 5.74) is 9.53. The Hall–Kier alpha value is -7.90. The number of fused-ring (bicyclic) bond motifs is 8. The molecular weight excluding hydrogens is 964 g/mol. The molecule has 0 fully saturated rings. The zero-order chi connectivity index (χ0) is 52.3. The molecule has 0 unspecified atom stereocenters. The summed E-state index contributed by atoms with van der Waals surface area (Å²) >= 11 is 0. The summed E-state index contributed by atoms with van der Waals surface area (Å²) in [7, 11) is -3.51. The summed E-state index contributed by atoms with van der Waals surface area (Å²) in [4.78, 5) is 65.5. The molecule has 8 bridgehead atoms. The molecule has 0 amide bonds. The number of hydrogen-bond acceptors (Lipinski definition) is 16. The van der Waals surface area contributed by atoms with Gasteiger partial charge in [-0.25, -0.2) is 0 Å². The molecule has 0 radical (unpaired) electrons. The van der Waals surface area contributed by atoms with Gasteiger partial charge in [-0.1, -0.05) is 121 Å². The molecule has 16 nitrogen and oxygen atoms in total. The molecule has 0 aliphatic carbocycles. The molecule has 1 aliphatic heterocycles. The topological polar surface area (TPSA) is 194 Å². The van der Waals surface area contributed by atoms with Crippen molar-refractivity contribution in [2.24, 2.45) is 0 Å². The van der Waals surface area contributed by atoms with Crippen molar-refractivity contribution < 1.29 is 56.4 Å². The van der Waals surface area contributed by atoms with E-state index in [2.05, 4.69) is 0 Å². The van der Waals surface area contributed by atoms with Crippen molar-refractivity contribution in [2.45, 2.75) is 52.9 Å². The Kier molecular flexibility index (Phi) is 18.8. The number of benzene rings is 4. The highest BCUT2D eigenvalue weighted by molar-refractivity contribution is 6.62. The van der Waals surface area contributed by atoms with Gasteiger partial charge in [-0.2, -0.15) is 0 Å². The largest absolute Gasteiger partial charge is 0.494 e. The first-order valence-electron chi connectivity index (χ1n) is 24.3. The first-order valence-corrected chi connectivity index (χ1v) is 24.3. The van der Waals surface area contributed by atoms with Crippen molar-refractivity contribution in [3.05, 3.63) is 238 Å². The molecule has 0 saturated carbocycles. The summed E-state index contributed by atoms with van der Waals surface area (Å²) in [6.07, 6.45) is 3.08. The number of rotatable bonds is 8. The molecule has 76 heavy (non-hydrogen) atoms. The normalized spacial score (nSPS) is 14.6. The zero-order valence-corrected chi connectivity index (χ0v) is 41.1. The maximum absolute atomic E-state index is 11.5. The third kappa shape index (κ3) is 15.1. The highest BCUT2D eigenvalue weighted by atomic mass is 16.6. The third-order valence-electron chi connectivity index (χ3n) is 11.9. The van der Waals surface area contributed by atoms with Crippen LogP contribution < -0.4 is 21.9 Å². The lowest BCUT2D eigenvalue weighted by Crippen LogP contribution is -2.37. The predicted molar refractivity (Wildman–Crippen MR) is 284 cm³/mol. The number of carbonyl (C=O) groups excluding carboxylic acids is 4. The number of carbonyl (C=O) groups is 4. The fourth-order valence-electron chi connectivity index (χ4n) is 7.94. The Morgan fingerprint density at radius 1 is 0.250 bits per heavy atom. The fraction of sp³-hybridized carbons (Fsp3) is 0.143. The van der Waals surface area contributed by atoms with E-state index in [-0.39, 0.29) is 52.9 Å². The maximum atomic E-state index is 11.5. The van der Waals surface area contributed by atoms with E-state index >= 15 is 0 Å². The van der Waals surface area contributed by atoms with Gasteiger partial charge in [0.1, 0.15) is 25.1 Å². The van der Waals surface area contributed by atoms with Crippen LogP contribution in [-0.2, 0) is 90.1 Å². The number of pyridine rings is 4. The Bertz CT molecular complexity index is 2680. The van der Waals surface area contributed by atoms with Crippen molar-refractivity contribution >= 4 is 75.5 Å². The van der Waals surface area contributed by atoms with Crippen molar-refractivity contribution in [2.75, 3.05) is 0 Å². The van der Waals surface area contributed by atoms with Gasteiger partial charge in [-0.15, -0.1) is 0 Å². The highest BCUT2D eigenvalue weighted by Crippen LogP contribution is 2.14. The fourth-order valence-corrected chi connectivity index (χ4v) is 7.94. The van der Waals surface area contributed by atoms with Crippen LogP contribution in [0.2, 0.25) is 0 Å². The van der Waals surface area contributed by atoms with E-state index in [0.717, 1.165) is 25.1 Å². The quantitative estimate of drug-likeness (QED) is 0.140. The van der Waals surface area contributed by atoms with Gasteiger partial charge < -0.3 is 37.2 Å². The summed E-state index contributed by atoms with van der Waals surface area (Å²) in [6, 6.07) is 49.8. The lowest BCUT2D eigenvalue weighted by Gasteiger charge is -2.18. The van der Waals surface area contributed by atoms with E-state index < -0.39 is 28.5 Å². The molecule has 4 aromatic heterocycles. The lowest BCUT2D eigenvalue weighted by molar-refractivity contribution is 0.111. The number of aldehydes is 4. The highest BCUT2D eigenvalue weighted by Gasteiger charge is 2.27. The van der Waals surface area contributed by atoms with Gasteiger partial charge in [0.25, 0.3) is 0 Å². The molecule has 376 valence electrons.